The lowest BCUT2D eigenvalue weighted by Gasteiger charge is -2.08. The van der Waals surface area contributed by atoms with Crippen LogP contribution in [0.15, 0.2) is 60.8 Å². The first-order valence-corrected chi connectivity index (χ1v) is 8.09. The third-order valence-electron chi connectivity index (χ3n) is 4.02. The molecule has 0 saturated carbocycles. The molecule has 3 aromatic heterocycles. The van der Waals surface area contributed by atoms with Crippen LogP contribution in [0.3, 0.4) is 0 Å². The van der Waals surface area contributed by atoms with Gasteiger partial charge in [0, 0.05) is 12.6 Å². The number of hydrogen-bond acceptors (Lipinski definition) is 5. The van der Waals surface area contributed by atoms with E-state index in [0.29, 0.717) is 6.42 Å². The predicted molar refractivity (Wildman–Crippen MR) is 99.0 cm³/mol. The standard InChI is InChI=1S/C20H17N5/c1-13-7-8-15(22-12-13)16-9-10-17-19(23-16)18(25-20(21)24-17)11-14-5-3-2-4-6-14/h2-10,12H,11H2,1H3,(H2,21,24,25). The van der Waals surface area contributed by atoms with E-state index in [4.69, 9.17) is 10.7 Å². The lowest BCUT2D eigenvalue weighted by Crippen LogP contribution is -2.03. The van der Waals surface area contributed by atoms with Gasteiger partial charge in [0.2, 0.25) is 5.95 Å². The van der Waals surface area contributed by atoms with Crippen molar-refractivity contribution in [3.8, 4) is 11.4 Å². The van der Waals surface area contributed by atoms with Crippen LogP contribution >= 0.6 is 0 Å². The number of pyridine rings is 2. The number of aryl methyl sites for hydroxylation is 1. The van der Waals surface area contributed by atoms with Gasteiger partial charge in [-0.1, -0.05) is 36.4 Å². The molecule has 0 spiro atoms. The molecule has 0 aliphatic rings. The molecule has 2 N–H and O–H groups in total. The van der Waals surface area contributed by atoms with Crippen LogP contribution in [-0.2, 0) is 6.42 Å². The van der Waals surface area contributed by atoms with Crippen LogP contribution in [0.4, 0.5) is 5.95 Å². The quantitative estimate of drug-likeness (QED) is 0.622. The van der Waals surface area contributed by atoms with Crippen molar-refractivity contribution < 1.29 is 0 Å². The molecular formula is C20H17N5. The number of fused-ring (bicyclic) bond motifs is 1. The first-order valence-electron chi connectivity index (χ1n) is 8.09. The van der Waals surface area contributed by atoms with E-state index in [0.717, 1.165) is 39.2 Å². The fourth-order valence-corrected chi connectivity index (χ4v) is 2.77. The van der Waals surface area contributed by atoms with Crippen molar-refractivity contribution in [2.45, 2.75) is 13.3 Å². The zero-order valence-corrected chi connectivity index (χ0v) is 13.8. The van der Waals surface area contributed by atoms with Crippen LogP contribution in [0.2, 0.25) is 0 Å². The first kappa shape index (κ1) is 15.2. The van der Waals surface area contributed by atoms with E-state index in [9.17, 15) is 0 Å². The summed E-state index contributed by atoms with van der Waals surface area (Å²) >= 11 is 0. The van der Waals surface area contributed by atoms with E-state index < -0.39 is 0 Å². The fraction of sp³-hybridized carbons (Fsp3) is 0.100. The van der Waals surface area contributed by atoms with Crippen LogP contribution in [0.5, 0.6) is 0 Å². The molecule has 122 valence electrons. The summed E-state index contributed by atoms with van der Waals surface area (Å²) in [5.41, 5.74) is 12.1. The third kappa shape index (κ3) is 3.17. The molecule has 5 nitrogen and oxygen atoms in total. The Hall–Kier alpha value is -3.34. The molecule has 4 aromatic rings. The summed E-state index contributed by atoms with van der Waals surface area (Å²) in [4.78, 5) is 18.0. The van der Waals surface area contributed by atoms with Gasteiger partial charge in [-0.25, -0.2) is 15.0 Å². The number of nitrogens with zero attached hydrogens (tertiary/aromatic N) is 4. The summed E-state index contributed by atoms with van der Waals surface area (Å²) in [6, 6.07) is 18.0. The molecule has 4 rings (SSSR count). The van der Waals surface area contributed by atoms with Crippen LogP contribution in [0.25, 0.3) is 22.4 Å². The topological polar surface area (TPSA) is 77.6 Å². The van der Waals surface area contributed by atoms with Gasteiger partial charge in [-0.3, -0.25) is 4.98 Å². The third-order valence-corrected chi connectivity index (χ3v) is 4.02. The maximum atomic E-state index is 5.88. The van der Waals surface area contributed by atoms with Crippen molar-refractivity contribution >= 4 is 17.0 Å². The molecular weight excluding hydrogens is 310 g/mol. The van der Waals surface area contributed by atoms with Gasteiger partial charge in [0.05, 0.1) is 22.6 Å². The Morgan fingerprint density at radius 1 is 0.840 bits per heavy atom. The average molecular weight is 327 g/mol. The van der Waals surface area contributed by atoms with E-state index in [2.05, 4.69) is 27.1 Å². The Labute approximate surface area is 145 Å². The second-order valence-electron chi connectivity index (χ2n) is 5.98. The van der Waals surface area contributed by atoms with Gasteiger partial charge in [0.15, 0.2) is 0 Å². The highest BCUT2D eigenvalue weighted by Crippen LogP contribution is 2.22. The number of aromatic nitrogens is 4. The molecule has 0 radical (unpaired) electrons. The molecule has 0 amide bonds. The summed E-state index contributed by atoms with van der Waals surface area (Å²) < 4.78 is 0. The van der Waals surface area contributed by atoms with Gasteiger partial charge < -0.3 is 5.73 Å². The molecule has 25 heavy (non-hydrogen) atoms. The van der Waals surface area contributed by atoms with Crippen LogP contribution in [0.1, 0.15) is 16.8 Å². The lowest BCUT2D eigenvalue weighted by atomic mass is 10.1. The molecule has 3 heterocycles. The van der Waals surface area contributed by atoms with Crippen LogP contribution in [0, 0.1) is 6.92 Å². The monoisotopic (exact) mass is 327 g/mol. The number of rotatable bonds is 3. The number of nitrogens with two attached hydrogens (primary N) is 1. The second kappa shape index (κ2) is 6.28. The highest BCUT2D eigenvalue weighted by atomic mass is 15.0. The minimum absolute atomic E-state index is 0.265. The normalized spacial score (nSPS) is 10.9. The molecule has 1 aromatic carbocycles. The SMILES string of the molecule is Cc1ccc(-c2ccc3nc(N)nc(Cc4ccccc4)c3n2)nc1. The summed E-state index contributed by atoms with van der Waals surface area (Å²) in [5.74, 6) is 0.265. The lowest BCUT2D eigenvalue weighted by molar-refractivity contribution is 1.06. The molecule has 0 atom stereocenters. The molecule has 0 fully saturated rings. The summed E-state index contributed by atoms with van der Waals surface area (Å²) in [6.45, 7) is 2.01. The van der Waals surface area contributed by atoms with Gasteiger partial charge >= 0.3 is 0 Å². The summed E-state index contributed by atoms with van der Waals surface area (Å²) in [5, 5.41) is 0. The first-order chi connectivity index (χ1) is 12.2. The molecule has 0 unspecified atom stereocenters. The molecule has 5 heteroatoms. The maximum Gasteiger partial charge on any atom is 0.220 e. The van der Waals surface area contributed by atoms with E-state index >= 15 is 0 Å². The van der Waals surface area contributed by atoms with Gasteiger partial charge in [-0.2, -0.15) is 0 Å². The van der Waals surface area contributed by atoms with E-state index in [1.807, 2.05) is 55.6 Å². The van der Waals surface area contributed by atoms with Crippen molar-refractivity contribution in [1.29, 1.82) is 0 Å². The zero-order chi connectivity index (χ0) is 17.2. The minimum Gasteiger partial charge on any atom is -0.368 e. The van der Waals surface area contributed by atoms with E-state index in [-0.39, 0.29) is 5.95 Å². The van der Waals surface area contributed by atoms with Crippen molar-refractivity contribution in [2.75, 3.05) is 5.73 Å². The smallest absolute Gasteiger partial charge is 0.220 e. The van der Waals surface area contributed by atoms with Crippen molar-refractivity contribution in [2.24, 2.45) is 0 Å². The van der Waals surface area contributed by atoms with Gasteiger partial charge in [-0.15, -0.1) is 0 Å². The molecule has 0 aliphatic heterocycles. The van der Waals surface area contributed by atoms with E-state index in [1.165, 1.54) is 0 Å². The summed E-state index contributed by atoms with van der Waals surface area (Å²) in [6.07, 6.45) is 2.49. The maximum absolute atomic E-state index is 5.88. The average Bonchev–Trinajstić information content (AvgIpc) is 2.63. The van der Waals surface area contributed by atoms with E-state index in [1.54, 1.807) is 0 Å². The predicted octanol–water partition coefficient (Wildman–Crippen LogP) is 3.57. The fourth-order valence-electron chi connectivity index (χ4n) is 2.77. The Kier molecular flexibility index (Phi) is 3.82. The highest BCUT2D eigenvalue weighted by Gasteiger charge is 2.11. The second-order valence-corrected chi connectivity index (χ2v) is 5.98. The Morgan fingerprint density at radius 3 is 2.40 bits per heavy atom. The minimum atomic E-state index is 0.265. The highest BCUT2D eigenvalue weighted by molar-refractivity contribution is 5.80. The zero-order valence-electron chi connectivity index (χ0n) is 13.8. The van der Waals surface area contributed by atoms with Crippen LogP contribution < -0.4 is 5.73 Å². The van der Waals surface area contributed by atoms with Crippen molar-refractivity contribution in [3.63, 3.8) is 0 Å². The Morgan fingerprint density at radius 2 is 1.64 bits per heavy atom. The van der Waals surface area contributed by atoms with Crippen LogP contribution in [-0.4, -0.2) is 19.9 Å². The largest absolute Gasteiger partial charge is 0.368 e. The number of hydrogen-bond donors (Lipinski definition) is 1. The number of anilines is 1. The Bertz CT molecular complexity index is 1030. The molecule has 0 saturated heterocycles. The molecule has 0 bridgehead atoms. The van der Waals surface area contributed by atoms with Crippen molar-refractivity contribution in [1.82, 2.24) is 19.9 Å². The van der Waals surface area contributed by atoms with Gasteiger partial charge in [0.25, 0.3) is 0 Å². The number of nitrogen functional groups attached to an aromatic ring is 1. The van der Waals surface area contributed by atoms with Gasteiger partial charge in [0.1, 0.15) is 5.52 Å². The number of benzene rings is 1. The molecule has 0 aliphatic carbocycles. The van der Waals surface area contributed by atoms with Gasteiger partial charge in [-0.05, 0) is 36.2 Å². The Balaban J connectivity index is 1.83. The van der Waals surface area contributed by atoms with Crippen molar-refractivity contribution in [3.05, 3.63) is 77.6 Å². The summed E-state index contributed by atoms with van der Waals surface area (Å²) in [7, 11) is 0.